The van der Waals surface area contributed by atoms with E-state index in [2.05, 4.69) is 15.6 Å². The van der Waals surface area contributed by atoms with Crippen molar-refractivity contribution in [2.45, 2.75) is 20.0 Å². The van der Waals surface area contributed by atoms with E-state index in [0.717, 1.165) is 17.7 Å². The highest BCUT2D eigenvalue weighted by Crippen LogP contribution is 2.22. The van der Waals surface area contributed by atoms with Gasteiger partial charge in [-0.05, 0) is 66.6 Å². The van der Waals surface area contributed by atoms with Crippen LogP contribution >= 0.6 is 24.0 Å². The molecule has 0 fully saturated rings. The van der Waals surface area contributed by atoms with Crippen LogP contribution in [-0.2, 0) is 13.1 Å². The average Bonchev–Trinajstić information content (AvgIpc) is 2.83. The lowest BCUT2D eigenvalue weighted by Gasteiger charge is -2.13. The molecule has 2 N–H and O–H groups in total. The van der Waals surface area contributed by atoms with Crippen LogP contribution in [0.15, 0.2) is 77.8 Å². The lowest BCUT2D eigenvalue weighted by Crippen LogP contribution is -2.36. The minimum Gasteiger partial charge on any atom is -0.457 e. The molecule has 0 aliphatic carbocycles. The molecule has 0 spiro atoms. The number of nitrogens with zero attached hydrogens (tertiary/aromatic N) is 2. The predicted molar refractivity (Wildman–Crippen MR) is 144 cm³/mol. The van der Waals surface area contributed by atoms with E-state index in [1.807, 2.05) is 55.5 Å². The zero-order chi connectivity index (χ0) is 23.6. The van der Waals surface area contributed by atoms with E-state index in [1.54, 1.807) is 31.1 Å². The first-order valence-electron chi connectivity index (χ1n) is 10.8. The highest BCUT2D eigenvalue weighted by molar-refractivity contribution is 14.0. The quantitative estimate of drug-likeness (QED) is 0.220. The highest BCUT2D eigenvalue weighted by Gasteiger charge is 2.07. The van der Waals surface area contributed by atoms with Crippen molar-refractivity contribution in [3.05, 3.63) is 95.3 Å². The van der Waals surface area contributed by atoms with Crippen molar-refractivity contribution < 1.29 is 13.9 Å². The van der Waals surface area contributed by atoms with Crippen LogP contribution in [0.5, 0.6) is 11.5 Å². The smallest absolute Gasteiger partial charge is 0.253 e. The van der Waals surface area contributed by atoms with E-state index in [-0.39, 0.29) is 35.7 Å². The topological polar surface area (TPSA) is 66.0 Å². The van der Waals surface area contributed by atoms with E-state index in [9.17, 15) is 9.18 Å². The summed E-state index contributed by atoms with van der Waals surface area (Å²) < 4.78 is 18.7. The van der Waals surface area contributed by atoms with Gasteiger partial charge in [-0.15, -0.1) is 24.0 Å². The summed E-state index contributed by atoms with van der Waals surface area (Å²) in [6, 6.07) is 21.1. The molecule has 3 aromatic rings. The van der Waals surface area contributed by atoms with Crippen molar-refractivity contribution in [1.82, 2.24) is 15.5 Å². The molecular formula is C26H30FIN4O2. The highest BCUT2D eigenvalue weighted by atomic mass is 127. The summed E-state index contributed by atoms with van der Waals surface area (Å²) in [5, 5.41) is 6.55. The van der Waals surface area contributed by atoms with Crippen LogP contribution in [0, 0.1) is 5.82 Å². The molecule has 3 aromatic carbocycles. The number of hydrogen-bond acceptors (Lipinski definition) is 3. The van der Waals surface area contributed by atoms with Crippen LogP contribution in [-0.4, -0.2) is 37.4 Å². The van der Waals surface area contributed by atoms with Gasteiger partial charge in [0.15, 0.2) is 5.96 Å². The van der Waals surface area contributed by atoms with Crippen LogP contribution in [0.25, 0.3) is 0 Å². The Morgan fingerprint density at radius 1 is 0.882 bits per heavy atom. The molecule has 1 amide bonds. The molecule has 0 aromatic heterocycles. The predicted octanol–water partition coefficient (Wildman–Crippen LogP) is 5.19. The molecule has 0 bridgehead atoms. The number of carbonyl (C=O) groups is 1. The Labute approximate surface area is 217 Å². The molecule has 3 rings (SSSR count). The van der Waals surface area contributed by atoms with Gasteiger partial charge >= 0.3 is 0 Å². The molecule has 0 atom stereocenters. The van der Waals surface area contributed by atoms with Crippen LogP contribution < -0.4 is 15.4 Å². The zero-order valence-electron chi connectivity index (χ0n) is 19.5. The summed E-state index contributed by atoms with van der Waals surface area (Å²) in [7, 11) is 3.48. The average molecular weight is 576 g/mol. The summed E-state index contributed by atoms with van der Waals surface area (Å²) in [5.41, 5.74) is 2.75. The first-order chi connectivity index (χ1) is 15.9. The standard InChI is InChI=1S/C26H29FN4O2.HI/c1-4-28-26(29-17-19-5-9-21(10-6-19)25(32)31(2)3)30-18-20-7-13-23(14-8-20)33-24-15-11-22(27)12-16-24;/h5-16H,4,17-18H2,1-3H3,(H2,28,29,30);1H. The van der Waals surface area contributed by atoms with E-state index in [1.165, 1.54) is 12.1 Å². The molecule has 8 heteroatoms. The summed E-state index contributed by atoms with van der Waals surface area (Å²) in [6.07, 6.45) is 0. The maximum atomic E-state index is 13.0. The Bertz CT molecular complexity index is 1070. The number of benzene rings is 3. The van der Waals surface area contributed by atoms with Crippen molar-refractivity contribution in [2.24, 2.45) is 4.99 Å². The van der Waals surface area contributed by atoms with Gasteiger partial charge in [-0.25, -0.2) is 9.38 Å². The zero-order valence-corrected chi connectivity index (χ0v) is 21.9. The Balaban J connectivity index is 0.00000408. The van der Waals surface area contributed by atoms with Gasteiger partial charge in [-0.2, -0.15) is 0 Å². The number of carbonyl (C=O) groups excluding carboxylic acids is 1. The largest absolute Gasteiger partial charge is 0.457 e. The molecule has 0 radical (unpaired) electrons. The van der Waals surface area contributed by atoms with Crippen molar-refractivity contribution in [3.8, 4) is 11.5 Å². The summed E-state index contributed by atoms with van der Waals surface area (Å²) in [5.74, 6) is 1.66. The molecule has 0 heterocycles. The maximum Gasteiger partial charge on any atom is 0.253 e. The lowest BCUT2D eigenvalue weighted by molar-refractivity contribution is 0.0827. The van der Waals surface area contributed by atoms with Gasteiger partial charge in [-0.1, -0.05) is 24.3 Å². The molecular weight excluding hydrogens is 546 g/mol. The number of amides is 1. The first-order valence-corrected chi connectivity index (χ1v) is 10.8. The molecule has 0 aliphatic heterocycles. The number of hydrogen-bond donors (Lipinski definition) is 2. The van der Waals surface area contributed by atoms with E-state index < -0.39 is 0 Å². The molecule has 6 nitrogen and oxygen atoms in total. The van der Waals surface area contributed by atoms with Crippen LogP contribution in [0.4, 0.5) is 4.39 Å². The van der Waals surface area contributed by atoms with Gasteiger partial charge in [0, 0.05) is 32.7 Å². The first kappa shape index (κ1) is 27.1. The second-order valence-corrected chi connectivity index (χ2v) is 7.65. The van der Waals surface area contributed by atoms with Gasteiger partial charge < -0.3 is 20.3 Å². The van der Waals surface area contributed by atoms with Gasteiger partial charge in [0.2, 0.25) is 0 Å². The van der Waals surface area contributed by atoms with Gasteiger partial charge in [-0.3, -0.25) is 4.79 Å². The fourth-order valence-electron chi connectivity index (χ4n) is 3.02. The Hall–Kier alpha value is -3.14. The Morgan fingerprint density at radius 2 is 1.44 bits per heavy atom. The SMILES string of the molecule is CCNC(=NCc1ccc(Oc2ccc(F)cc2)cc1)NCc1ccc(C(=O)N(C)C)cc1.I. The Morgan fingerprint density at radius 3 is 2.00 bits per heavy atom. The number of ether oxygens (including phenoxy) is 1. The van der Waals surface area contributed by atoms with Crippen LogP contribution in [0.2, 0.25) is 0 Å². The monoisotopic (exact) mass is 576 g/mol. The summed E-state index contributed by atoms with van der Waals surface area (Å²) in [6.45, 7) is 3.85. The number of nitrogens with one attached hydrogen (secondary N) is 2. The van der Waals surface area contributed by atoms with Crippen LogP contribution in [0.1, 0.15) is 28.4 Å². The van der Waals surface area contributed by atoms with Gasteiger partial charge in [0.25, 0.3) is 5.91 Å². The third kappa shape index (κ3) is 8.33. The molecule has 180 valence electrons. The Kier molecular flexibility index (Phi) is 10.8. The van der Waals surface area contributed by atoms with E-state index >= 15 is 0 Å². The second-order valence-electron chi connectivity index (χ2n) is 7.65. The van der Waals surface area contributed by atoms with Gasteiger partial charge in [0.1, 0.15) is 17.3 Å². The molecule has 0 unspecified atom stereocenters. The summed E-state index contributed by atoms with van der Waals surface area (Å²) >= 11 is 0. The fourth-order valence-corrected chi connectivity index (χ4v) is 3.02. The van der Waals surface area contributed by atoms with Crippen molar-refractivity contribution in [2.75, 3.05) is 20.6 Å². The summed E-state index contributed by atoms with van der Waals surface area (Å²) in [4.78, 5) is 18.2. The molecule has 34 heavy (non-hydrogen) atoms. The normalized spacial score (nSPS) is 10.8. The number of halogens is 2. The number of guanidine groups is 1. The van der Waals surface area contributed by atoms with Gasteiger partial charge in [0.05, 0.1) is 6.54 Å². The lowest BCUT2D eigenvalue weighted by atomic mass is 10.1. The van der Waals surface area contributed by atoms with E-state index in [4.69, 9.17) is 4.74 Å². The second kappa shape index (κ2) is 13.5. The number of rotatable bonds is 8. The molecule has 0 saturated heterocycles. The minimum absolute atomic E-state index is 0. The third-order valence-corrected chi connectivity index (χ3v) is 4.80. The van der Waals surface area contributed by atoms with Crippen molar-refractivity contribution in [1.29, 1.82) is 0 Å². The number of aliphatic imine (C=N–C) groups is 1. The fraction of sp³-hybridized carbons (Fsp3) is 0.231. The molecule has 0 saturated carbocycles. The maximum absolute atomic E-state index is 13.0. The minimum atomic E-state index is -0.294. The van der Waals surface area contributed by atoms with E-state index in [0.29, 0.717) is 36.1 Å². The third-order valence-electron chi connectivity index (χ3n) is 4.80. The molecule has 0 aliphatic rings. The van der Waals surface area contributed by atoms with Crippen molar-refractivity contribution >= 4 is 35.8 Å². The van der Waals surface area contributed by atoms with Crippen molar-refractivity contribution in [3.63, 3.8) is 0 Å². The van der Waals surface area contributed by atoms with Crippen LogP contribution in [0.3, 0.4) is 0 Å².